The molecular weight excluding hydrogens is 134 g/mol. The van der Waals surface area contributed by atoms with Crippen molar-refractivity contribution in [1.29, 1.82) is 0 Å². The highest BCUT2D eigenvalue weighted by Crippen LogP contribution is 2.35. The van der Waals surface area contributed by atoms with Gasteiger partial charge in [-0.2, -0.15) is 0 Å². The van der Waals surface area contributed by atoms with Crippen molar-refractivity contribution in [2.24, 2.45) is 11.7 Å². The molecule has 0 aliphatic heterocycles. The van der Waals surface area contributed by atoms with Crippen molar-refractivity contribution in [1.82, 2.24) is 0 Å². The Hall–Kier alpha value is -0.610. The molecule has 1 saturated carbocycles. The average molecular weight is 145 g/mol. The van der Waals surface area contributed by atoms with Gasteiger partial charge in [-0.05, 0) is 12.8 Å². The number of hydrogen-bond donors (Lipinski definition) is 3. The maximum atomic E-state index is 10.2. The van der Waals surface area contributed by atoms with Gasteiger partial charge in [0.15, 0.2) is 0 Å². The van der Waals surface area contributed by atoms with E-state index < -0.39 is 11.5 Å². The molecule has 0 saturated heterocycles. The number of hydrogen-bond acceptors (Lipinski definition) is 3. The first-order valence-corrected chi connectivity index (χ1v) is 3.20. The van der Waals surface area contributed by atoms with Gasteiger partial charge in [0.2, 0.25) is 0 Å². The molecule has 0 spiro atoms. The molecule has 0 unspecified atom stereocenters. The standard InChI is InChI=1S/C6H11NO3/c7-6(3-8)1-4(2-6)5(9)10/h4,8H,1-3,7H2,(H,9,10)/t4-,6+. The molecule has 4 heteroatoms. The monoisotopic (exact) mass is 145 g/mol. The maximum absolute atomic E-state index is 10.2. The Kier molecular flexibility index (Phi) is 1.66. The molecule has 0 aromatic rings. The molecule has 0 radical (unpaired) electrons. The van der Waals surface area contributed by atoms with E-state index in [1.807, 2.05) is 0 Å². The van der Waals surface area contributed by atoms with Crippen LogP contribution in [-0.2, 0) is 4.79 Å². The minimum absolute atomic E-state index is 0.114. The average Bonchev–Trinajstić information content (AvgIpc) is 1.80. The zero-order chi connectivity index (χ0) is 7.78. The van der Waals surface area contributed by atoms with Gasteiger partial charge in [0.05, 0.1) is 12.5 Å². The van der Waals surface area contributed by atoms with Crippen LogP contribution >= 0.6 is 0 Å². The molecule has 58 valence electrons. The smallest absolute Gasteiger partial charge is 0.306 e. The first-order valence-electron chi connectivity index (χ1n) is 3.20. The molecule has 0 amide bonds. The van der Waals surface area contributed by atoms with Gasteiger partial charge in [-0.1, -0.05) is 0 Å². The van der Waals surface area contributed by atoms with E-state index >= 15 is 0 Å². The topological polar surface area (TPSA) is 83.5 Å². The summed E-state index contributed by atoms with van der Waals surface area (Å²) in [6.07, 6.45) is 0.803. The van der Waals surface area contributed by atoms with Crippen molar-refractivity contribution in [2.45, 2.75) is 18.4 Å². The summed E-state index contributed by atoms with van der Waals surface area (Å²) in [6, 6.07) is 0. The van der Waals surface area contributed by atoms with E-state index in [1.165, 1.54) is 0 Å². The number of carbonyl (C=O) groups is 1. The molecule has 10 heavy (non-hydrogen) atoms. The zero-order valence-corrected chi connectivity index (χ0v) is 5.58. The summed E-state index contributed by atoms with van der Waals surface area (Å²) in [6.45, 7) is -0.114. The van der Waals surface area contributed by atoms with Gasteiger partial charge in [-0.3, -0.25) is 4.79 Å². The fourth-order valence-electron chi connectivity index (χ4n) is 1.23. The third-order valence-electron chi connectivity index (χ3n) is 1.97. The minimum atomic E-state index is -0.811. The lowest BCUT2D eigenvalue weighted by Gasteiger charge is -2.41. The summed E-state index contributed by atoms with van der Waals surface area (Å²) >= 11 is 0. The van der Waals surface area contributed by atoms with Crippen molar-refractivity contribution in [2.75, 3.05) is 6.61 Å². The van der Waals surface area contributed by atoms with Crippen molar-refractivity contribution in [3.05, 3.63) is 0 Å². The predicted octanol–water partition coefficient (Wildman–Crippen LogP) is -0.829. The van der Waals surface area contributed by atoms with Crippen molar-refractivity contribution < 1.29 is 15.0 Å². The lowest BCUT2D eigenvalue weighted by molar-refractivity contribution is -0.147. The number of nitrogens with two attached hydrogens (primary N) is 1. The van der Waals surface area contributed by atoms with E-state index in [9.17, 15) is 4.79 Å². The van der Waals surface area contributed by atoms with E-state index in [0.717, 1.165) is 0 Å². The molecule has 0 aromatic heterocycles. The van der Waals surface area contributed by atoms with Crippen LogP contribution in [0.4, 0.5) is 0 Å². The van der Waals surface area contributed by atoms with Crippen LogP contribution in [0.25, 0.3) is 0 Å². The summed E-state index contributed by atoms with van der Waals surface area (Å²) in [5.41, 5.74) is 4.91. The lowest BCUT2D eigenvalue weighted by atomic mass is 9.69. The fraction of sp³-hybridized carbons (Fsp3) is 0.833. The molecule has 4 N–H and O–H groups in total. The number of aliphatic carboxylic acids is 1. The maximum Gasteiger partial charge on any atom is 0.306 e. The second-order valence-electron chi connectivity index (χ2n) is 2.96. The van der Waals surface area contributed by atoms with Crippen molar-refractivity contribution in [3.8, 4) is 0 Å². The van der Waals surface area contributed by atoms with Crippen LogP contribution in [0.5, 0.6) is 0 Å². The minimum Gasteiger partial charge on any atom is -0.481 e. The Labute approximate surface area is 58.6 Å². The van der Waals surface area contributed by atoms with E-state index in [1.54, 1.807) is 0 Å². The van der Waals surface area contributed by atoms with E-state index in [-0.39, 0.29) is 12.5 Å². The van der Waals surface area contributed by atoms with Gasteiger partial charge in [0.1, 0.15) is 0 Å². The van der Waals surface area contributed by atoms with Crippen LogP contribution in [0, 0.1) is 5.92 Å². The number of carboxylic acid groups (broad SMARTS) is 1. The molecule has 0 bridgehead atoms. The largest absolute Gasteiger partial charge is 0.481 e. The number of aliphatic hydroxyl groups is 1. The van der Waals surface area contributed by atoms with Crippen LogP contribution < -0.4 is 5.73 Å². The Bertz CT molecular complexity index is 151. The lowest BCUT2D eigenvalue weighted by Crippen LogP contribution is -2.56. The van der Waals surface area contributed by atoms with E-state index in [0.29, 0.717) is 12.8 Å². The quantitative estimate of drug-likeness (QED) is 0.473. The van der Waals surface area contributed by atoms with Gasteiger partial charge in [0, 0.05) is 5.54 Å². The molecule has 1 aliphatic rings. The highest BCUT2D eigenvalue weighted by molar-refractivity contribution is 5.71. The molecule has 4 nitrogen and oxygen atoms in total. The van der Waals surface area contributed by atoms with Crippen LogP contribution in [-0.4, -0.2) is 28.3 Å². The zero-order valence-electron chi connectivity index (χ0n) is 5.58. The van der Waals surface area contributed by atoms with Crippen LogP contribution in [0.1, 0.15) is 12.8 Å². The van der Waals surface area contributed by atoms with Crippen LogP contribution in [0.3, 0.4) is 0 Å². The molecule has 1 aliphatic carbocycles. The summed E-state index contributed by atoms with van der Waals surface area (Å²) in [5.74, 6) is -1.15. The van der Waals surface area contributed by atoms with Gasteiger partial charge < -0.3 is 15.9 Å². The van der Waals surface area contributed by atoms with Crippen molar-refractivity contribution in [3.63, 3.8) is 0 Å². The highest BCUT2D eigenvalue weighted by Gasteiger charge is 2.44. The second kappa shape index (κ2) is 2.21. The fourth-order valence-corrected chi connectivity index (χ4v) is 1.23. The van der Waals surface area contributed by atoms with E-state index in [4.69, 9.17) is 15.9 Å². The van der Waals surface area contributed by atoms with Gasteiger partial charge in [0.25, 0.3) is 0 Å². The molecule has 0 heterocycles. The highest BCUT2D eigenvalue weighted by atomic mass is 16.4. The van der Waals surface area contributed by atoms with Gasteiger partial charge in [-0.15, -0.1) is 0 Å². The number of rotatable bonds is 2. The van der Waals surface area contributed by atoms with Crippen LogP contribution in [0.15, 0.2) is 0 Å². The second-order valence-corrected chi connectivity index (χ2v) is 2.96. The van der Waals surface area contributed by atoms with Gasteiger partial charge >= 0.3 is 5.97 Å². The third kappa shape index (κ3) is 1.12. The molecule has 1 rings (SSSR count). The Morgan fingerprint density at radius 3 is 2.50 bits per heavy atom. The summed E-state index contributed by atoms with van der Waals surface area (Å²) < 4.78 is 0. The Balaban J connectivity index is 2.36. The first kappa shape index (κ1) is 7.50. The van der Waals surface area contributed by atoms with Crippen molar-refractivity contribution >= 4 is 5.97 Å². The molecule has 0 atom stereocenters. The predicted molar refractivity (Wildman–Crippen MR) is 34.4 cm³/mol. The third-order valence-corrected chi connectivity index (χ3v) is 1.97. The Morgan fingerprint density at radius 2 is 2.20 bits per heavy atom. The molecule has 0 aromatic carbocycles. The number of aliphatic hydroxyl groups excluding tert-OH is 1. The first-order chi connectivity index (χ1) is 4.57. The molecule has 1 fully saturated rings. The molecular formula is C6H11NO3. The van der Waals surface area contributed by atoms with Crippen LogP contribution in [0.2, 0.25) is 0 Å². The normalized spacial score (nSPS) is 38.8. The summed E-state index contributed by atoms with van der Waals surface area (Å²) in [5, 5.41) is 17.1. The number of carboxylic acids is 1. The van der Waals surface area contributed by atoms with E-state index in [2.05, 4.69) is 0 Å². The Morgan fingerprint density at radius 1 is 1.70 bits per heavy atom. The SMILES string of the molecule is N[C@]1(CO)C[C@H](C(=O)O)C1. The van der Waals surface area contributed by atoms with Gasteiger partial charge in [-0.25, -0.2) is 0 Å². The summed E-state index contributed by atoms with van der Waals surface area (Å²) in [4.78, 5) is 10.2. The summed E-state index contributed by atoms with van der Waals surface area (Å²) in [7, 11) is 0.